The molecule has 1 aliphatic rings. The zero-order chi connectivity index (χ0) is 19.8. The van der Waals surface area contributed by atoms with Crippen LogP contribution >= 0.6 is 0 Å². The first kappa shape index (κ1) is 17.7. The van der Waals surface area contributed by atoms with E-state index in [0.29, 0.717) is 0 Å². The standard InChI is InChI=1S/C23H23N5O/c1-23(17-7-6-10-19(13-17)29-2)11-12-27(14-23)21-20-22(25-15-24-21)28(16-26-20)18-8-4-3-5-9-18/h3-10,13,15-16H,11-12,14H2,1-2H3. The minimum atomic E-state index is 0.0355. The molecule has 1 unspecified atom stereocenters. The molecule has 5 rings (SSSR count). The molecule has 0 spiro atoms. The Morgan fingerprint density at radius 3 is 2.69 bits per heavy atom. The van der Waals surface area contributed by atoms with Crippen molar-refractivity contribution in [2.75, 3.05) is 25.1 Å². The number of benzene rings is 2. The smallest absolute Gasteiger partial charge is 0.170 e. The molecule has 0 bridgehead atoms. The van der Waals surface area contributed by atoms with Crippen molar-refractivity contribution >= 4 is 17.0 Å². The minimum Gasteiger partial charge on any atom is -0.497 e. The topological polar surface area (TPSA) is 56.1 Å². The van der Waals surface area contributed by atoms with Gasteiger partial charge in [0.15, 0.2) is 17.0 Å². The number of imidazole rings is 1. The first-order valence-corrected chi connectivity index (χ1v) is 9.81. The second-order valence-corrected chi connectivity index (χ2v) is 7.78. The zero-order valence-corrected chi connectivity index (χ0v) is 16.6. The van der Waals surface area contributed by atoms with Crippen molar-refractivity contribution in [3.63, 3.8) is 0 Å². The SMILES string of the molecule is COc1cccc(C2(C)CCN(c3ncnc4c3ncn4-c3ccccc3)C2)c1. The third kappa shape index (κ3) is 3.01. The minimum absolute atomic E-state index is 0.0355. The van der Waals surface area contributed by atoms with E-state index in [-0.39, 0.29) is 5.41 Å². The average Bonchev–Trinajstić information content (AvgIpc) is 3.39. The van der Waals surface area contributed by atoms with Gasteiger partial charge >= 0.3 is 0 Å². The molecule has 4 aromatic rings. The van der Waals surface area contributed by atoms with Crippen LogP contribution in [-0.4, -0.2) is 39.7 Å². The highest BCUT2D eigenvalue weighted by Crippen LogP contribution is 2.38. The van der Waals surface area contributed by atoms with E-state index in [4.69, 9.17) is 4.74 Å². The molecule has 1 fully saturated rings. The highest BCUT2D eigenvalue weighted by atomic mass is 16.5. The molecule has 2 aromatic carbocycles. The van der Waals surface area contributed by atoms with Gasteiger partial charge in [-0.2, -0.15) is 0 Å². The molecular weight excluding hydrogens is 362 g/mol. The average molecular weight is 385 g/mol. The van der Waals surface area contributed by atoms with E-state index in [1.165, 1.54) is 5.56 Å². The van der Waals surface area contributed by atoms with Crippen molar-refractivity contribution in [3.05, 3.63) is 72.8 Å². The Balaban J connectivity index is 1.50. The summed E-state index contributed by atoms with van der Waals surface area (Å²) in [6, 6.07) is 18.5. The second-order valence-electron chi connectivity index (χ2n) is 7.78. The lowest BCUT2D eigenvalue weighted by molar-refractivity contribution is 0.412. The van der Waals surface area contributed by atoms with Gasteiger partial charge in [-0.1, -0.05) is 37.3 Å². The maximum absolute atomic E-state index is 5.43. The molecular formula is C23H23N5O. The number of anilines is 1. The van der Waals surface area contributed by atoms with Gasteiger partial charge in [-0.3, -0.25) is 4.57 Å². The van der Waals surface area contributed by atoms with Gasteiger partial charge < -0.3 is 9.64 Å². The molecule has 6 heteroatoms. The van der Waals surface area contributed by atoms with E-state index < -0.39 is 0 Å². The Labute approximate surface area is 169 Å². The van der Waals surface area contributed by atoms with Crippen molar-refractivity contribution in [2.24, 2.45) is 0 Å². The summed E-state index contributed by atoms with van der Waals surface area (Å²) < 4.78 is 7.44. The Morgan fingerprint density at radius 2 is 1.86 bits per heavy atom. The molecule has 1 aliphatic heterocycles. The maximum atomic E-state index is 5.43. The fourth-order valence-corrected chi connectivity index (χ4v) is 4.21. The number of rotatable bonds is 4. The van der Waals surface area contributed by atoms with Crippen LogP contribution in [-0.2, 0) is 5.41 Å². The molecule has 0 aliphatic carbocycles. The van der Waals surface area contributed by atoms with Gasteiger partial charge in [0.2, 0.25) is 0 Å². The summed E-state index contributed by atoms with van der Waals surface area (Å²) in [5.41, 5.74) is 4.04. The van der Waals surface area contributed by atoms with Gasteiger partial charge in [0, 0.05) is 24.2 Å². The van der Waals surface area contributed by atoms with E-state index in [0.717, 1.165) is 47.9 Å². The highest BCUT2D eigenvalue weighted by molar-refractivity contribution is 5.84. The fraction of sp³-hybridized carbons (Fsp3) is 0.261. The van der Waals surface area contributed by atoms with Crippen molar-refractivity contribution in [3.8, 4) is 11.4 Å². The van der Waals surface area contributed by atoms with Gasteiger partial charge in [0.05, 0.1) is 7.11 Å². The van der Waals surface area contributed by atoms with Crippen LogP contribution < -0.4 is 9.64 Å². The number of aromatic nitrogens is 4. The maximum Gasteiger partial charge on any atom is 0.170 e. The number of para-hydroxylation sites is 1. The third-order valence-corrected chi connectivity index (χ3v) is 5.89. The Bertz CT molecular complexity index is 1160. The van der Waals surface area contributed by atoms with Crippen molar-refractivity contribution in [2.45, 2.75) is 18.8 Å². The predicted molar refractivity (Wildman–Crippen MR) is 114 cm³/mol. The molecule has 2 aromatic heterocycles. The summed E-state index contributed by atoms with van der Waals surface area (Å²) in [5, 5.41) is 0. The first-order valence-electron chi connectivity index (χ1n) is 9.81. The van der Waals surface area contributed by atoms with Gasteiger partial charge in [-0.15, -0.1) is 0 Å². The van der Waals surface area contributed by atoms with Crippen LogP contribution in [0.4, 0.5) is 5.82 Å². The lowest BCUT2D eigenvalue weighted by atomic mass is 9.82. The van der Waals surface area contributed by atoms with Crippen molar-refractivity contribution in [1.82, 2.24) is 19.5 Å². The van der Waals surface area contributed by atoms with Crippen LogP contribution in [0.5, 0.6) is 5.75 Å². The molecule has 0 amide bonds. The Kier molecular flexibility index (Phi) is 4.19. The molecule has 0 saturated carbocycles. The van der Waals surface area contributed by atoms with Crippen LogP contribution in [0.1, 0.15) is 18.9 Å². The summed E-state index contributed by atoms with van der Waals surface area (Å²) in [7, 11) is 1.71. The summed E-state index contributed by atoms with van der Waals surface area (Å²) in [6.45, 7) is 4.12. The lowest BCUT2D eigenvalue weighted by Crippen LogP contribution is -2.28. The number of hydrogen-bond donors (Lipinski definition) is 0. The summed E-state index contributed by atoms with van der Waals surface area (Å²) >= 11 is 0. The molecule has 146 valence electrons. The molecule has 1 atom stereocenters. The van der Waals surface area contributed by atoms with Crippen LogP contribution in [0.2, 0.25) is 0 Å². The fourth-order valence-electron chi connectivity index (χ4n) is 4.21. The quantitative estimate of drug-likeness (QED) is 0.532. The summed E-state index contributed by atoms with van der Waals surface area (Å²) in [5.74, 6) is 1.80. The summed E-state index contributed by atoms with van der Waals surface area (Å²) in [6.07, 6.45) is 4.51. The van der Waals surface area contributed by atoms with E-state index in [1.807, 2.05) is 35.2 Å². The Morgan fingerprint density at radius 1 is 1.00 bits per heavy atom. The molecule has 3 heterocycles. The van der Waals surface area contributed by atoms with E-state index in [9.17, 15) is 0 Å². The third-order valence-electron chi connectivity index (χ3n) is 5.89. The Hall–Kier alpha value is -3.41. The largest absolute Gasteiger partial charge is 0.497 e. The lowest BCUT2D eigenvalue weighted by Gasteiger charge is -2.26. The predicted octanol–water partition coefficient (Wildman–Crippen LogP) is 3.99. The number of fused-ring (bicyclic) bond motifs is 1. The molecule has 0 radical (unpaired) electrons. The number of hydrogen-bond acceptors (Lipinski definition) is 5. The number of nitrogens with zero attached hydrogens (tertiary/aromatic N) is 5. The molecule has 0 N–H and O–H groups in total. The van der Waals surface area contributed by atoms with Crippen LogP contribution in [0.15, 0.2) is 67.3 Å². The first-order chi connectivity index (χ1) is 14.2. The van der Waals surface area contributed by atoms with Gasteiger partial charge in [0.25, 0.3) is 0 Å². The van der Waals surface area contributed by atoms with Crippen LogP contribution in [0.25, 0.3) is 16.9 Å². The van der Waals surface area contributed by atoms with Crippen molar-refractivity contribution < 1.29 is 4.74 Å². The number of ether oxygens (including phenoxy) is 1. The van der Waals surface area contributed by atoms with E-state index in [1.54, 1.807) is 13.4 Å². The van der Waals surface area contributed by atoms with E-state index >= 15 is 0 Å². The second kappa shape index (κ2) is 6.88. The van der Waals surface area contributed by atoms with Crippen molar-refractivity contribution in [1.29, 1.82) is 0 Å². The van der Waals surface area contributed by atoms with E-state index in [2.05, 4.69) is 57.1 Å². The summed E-state index contributed by atoms with van der Waals surface area (Å²) in [4.78, 5) is 16.1. The normalized spacial score (nSPS) is 19.0. The highest BCUT2D eigenvalue weighted by Gasteiger charge is 2.37. The molecule has 29 heavy (non-hydrogen) atoms. The van der Waals surface area contributed by atoms with Gasteiger partial charge in [-0.25, -0.2) is 15.0 Å². The van der Waals surface area contributed by atoms with Crippen LogP contribution in [0, 0.1) is 0 Å². The van der Waals surface area contributed by atoms with Crippen LogP contribution in [0.3, 0.4) is 0 Å². The van der Waals surface area contributed by atoms with Gasteiger partial charge in [0.1, 0.15) is 18.4 Å². The zero-order valence-electron chi connectivity index (χ0n) is 16.6. The monoisotopic (exact) mass is 385 g/mol. The van der Waals surface area contributed by atoms with Gasteiger partial charge in [-0.05, 0) is 36.2 Å². The number of methoxy groups -OCH3 is 1. The molecule has 6 nitrogen and oxygen atoms in total. The molecule has 1 saturated heterocycles.